The van der Waals surface area contributed by atoms with E-state index in [4.69, 9.17) is 0 Å². The predicted molar refractivity (Wildman–Crippen MR) is 113 cm³/mol. The summed E-state index contributed by atoms with van der Waals surface area (Å²) in [5.41, 5.74) is -8.11. The average Bonchev–Trinajstić information content (AvgIpc) is 2.81. The minimum atomic E-state index is -6.05. The molecule has 37 heavy (non-hydrogen) atoms. The molecule has 0 unspecified atom stereocenters. The van der Waals surface area contributed by atoms with E-state index in [2.05, 4.69) is 0 Å². The molecule has 0 amide bonds. The van der Waals surface area contributed by atoms with Crippen LogP contribution in [0.4, 0.5) is 43.4 Å². The summed E-state index contributed by atoms with van der Waals surface area (Å²) >= 11 is 0. The van der Waals surface area contributed by atoms with Crippen molar-refractivity contribution >= 4 is 27.1 Å². The fraction of sp³-hybridized carbons (Fsp3) is 0.368. The van der Waals surface area contributed by atoms with Gasteiger partial charge in [-0.15, -0.1) is 0 Å². The van der Waals surface area contributed by atoms with Crippen LogP contribution in [0.25, 0.3) is 0 Å². The molecule has 0 aliphatic carbocycles. The molecule has 18 heteroatoms. The first-order valence-electron chi connectivity index (χ1n) is 10.1. The molecule has 1 saturated heterocycles. The monoisotopic (exact) mass is 558 g/mol. The Balaban J connectivity index is 1.81. The fourth-order valence-electron chi connectivity index (χ4n) is 3.71. The third kappa shape index (κ3) is 5.03. The molecule has 2 aromatic carbocycles. The fourth-order valence-corrected chi connectivity index (χ4v) is 5.27. The lowest BCUT2D eigenvalue weighted by Crippen LogP contribution is -2.54. The summed E-state index contributed by atoms with van der Waals surface area (Å²) in [4.78, 5) is 20.8. The van der Waals surface area contributed by atoms with Crippen molar-refractivity contribution in [2.75, 3.05) is 31.1 Å². The van der Waals surface area contributed by atoms with Gasteiger partial charge in [0.15, 0.2) is 4.90 Å². The van der Waals surface area contributed by atoms with Gasteiger partial charge in [-0.25, -0.2) is 8.42 Å². The topological polar surface area (TPSA) is 147 Å². The van der Waals surface area contributed by atoms with Crippen molar-refractivity contribution in [1.29, 1.82) is 0 Å². The number of anilines is 1. The number of hydrogen-bond donors (Lipinski definition) is 1. The maximum atomic E-state index is 13.1. The minimum Gasteiger partial charge on any atom is -0.369 e. The molecule has 1 N–H and O–H groups in total. The van der Waals surface area contributed by atoms with Crippen LogP contribution in [0.3, 0.4) is 0 Å². The molecule has 3 rings (SSSR count). The van der Waals surface area contributed by atoms with Crippen LogP contribution in [-0.2, 0) is 15.6 Å². The molecule has 1 heterocycles. The number of nitro benzene ring substituents is 2. The number of nitrogens with zero attached hydrogens (tertiary/aromatic N) is 4. The maximum Gasteiger partial charge on any atom is 0.430 e. The quantitative estimate of drug-likeness (QED) is 0.323. The number of hydrogen-bond acceptors (Lipinski definition) is 8. The van der Waals surface area contributed by atoms with E-state index < -0.39 is 59.7 Å². The molecule has 1 aliphatic heterocycles. The highest BCUT2D eigenvalue weighted by Crippen LogP contribution is 2.50. The number of aliphatic hydroxyl groups is 1. The smallest absolute Gasteiger partial charge is 0.369 e. The summed E-state index contributed by atoms with van der Waals surface area (Å²) in [6.07, 6.45) is -12.1. The van der Waals surface area contributed by atoms with Gasteiger partial charge in [0.25, 0.3) is 17.0 Å². The van der Waals surface area contributed by atoms with E-state index in [1.165, 1.54) is 4.90 Å². The number of nitro groups is 2. The Morgan fingerprint density at radius 1 is 0.811 bits per heavy atom. The van der Waals surface area contributed by atoms with Crippen LogP contribution < -0.4 is 4.90 Å². The zero-order valence-corrected chi connectivity index (χ0v) is 19.0. The van der Waals surface area contributed by atoms with Crippen LogP contribution in [-0.4, -0.2) is 66.2 Å². The molecule has 1 aliphatic rings. The van der Waals surface area contributed by atoms with Crippen LogP contribution in [0.1, 0.15) is 5.56 Å². The highest BCUT2D eigenvalue weighted by Gasteiger charge is 2.71. The molecular formula is C19H16F6N4O7S. The molecular weight excluding hydrogens is 542 g/mol. The minimum absolute atomic E-state index is 0.0951. The first-order chi connectivity index (χ1) is 16.9. The van der Waals surface area contributed by atoms with Gasteiger partial charge < -0.3 is 10.0 Å². The van der Waals surface area contributed by atoms with E-state index in [1.807, 2.05) is 0 Å². The SMILES string of the molecule is O=[N+]([O-])c1ccc(S(=O)(=O)N2CCN(c3ccc(C(O)(C(F)(F)F)C(F)(F)F)cc3)CC2)c([N+](=O)[O-])c1. The average molecular weight is 558 g/mol. The van der Waals surface area contributed by atoms with Crippen molar-refractivity contribution in [3.63, 3.8) is 0 Å². The third-order valence-electron chi connectivity index (χ3n) is 5.68. The first-order valence-corrected chi connectivity index (χ1v) is 11.5. The van der Waals surface area contributed by atoms with Crippen LogP contribution in [0.5, 0.6) is 0 Å². The number of benzene rings is 2. The lowest BCUT2D eigenvalue weighted by atomic mass is 9.92. The van der Waals surface area contributed by atoms with Gasteiger partial charge in [0.2, 0.25) is 10.0 Å². The summed E-state index contributed by atoms with van der Waals surface area (Å²) in [5.74, 6) is 0. The summed E-state index contributed by atoms with van der Waals surface area (Å²) in [5, 5.41) is 31.7. The lowest BCUT2D eigenvalue weighted by molar-refractivity contribution is -0.396. The zero-order chi connectivity index (χ0) is 28.0. The lowest BCUT2D eigenvalue weighted by Gasteiger charge is -2.36. The van der Waals surface area contributed by atoms with E-state index in [9.17, 15) is 60.1 Å². The second-order valence-corrected chi connectivity index (χ2v) is 9.72. The normalized spacial score (nSPS) is 16.0. The molecule has 11 nitrogen and oxygen atoms in total. The molecule has 2 aromatic rings. The Kier molecular flexibility index (Phi) is 7.14. The Hall–Kier alpha value is -3.51. The van der Waals surface area contributed by atoms with E-state index in [-0.39, 0.29) is 31.9 Å². The number of rotatable bonds is 6. The van der Waals surface area contributed by atoms with Gasteiger partial charge in [0, 0.05) is 43.5 Å². The Morgan fingerprint density at radius 3 is 1.76 bits per heavy atom. The van der Waals surface area contributed by atoms with Crippen molar-refractivity contribution in [2.24, 2.45) is 0 Å². The number of alkyl halides is 6. The van der Waals surface area contributed by atoms with Gasteiger partial charge >= 0.3 is 12.4 Å². The van der Waals surface area contributed by atoms with Gasteiger partial charge in [0.05, 0.1) is 15.9 Å². The number of non-ortho nitro benzene ring substituents is 1. The van der Waals surface area contributed by atoms with Crippen molar-refractivity contribution in [2.45, 2.75) is 22.8 Å². The van der Waals surface area contributed by atoms with Gasteiger partial charge in [0.1, 0.15) is 0 Å². The van der Waals surface area contributed by atoms with Crippen molar-refractivity contribution in [3.8, 4) is 0 Å². The predicted octanol–water partition coefficient (Wildman–Crippen LogP) is 3.33. The van der Waals surface area contributed by atoms with Crippen molar-refractivity contribution < 1.29 is 49.7 Å². The molecule has 202 valence electrons. The maximum absolute atomic E-state index is 13.1. The Morgan fingerprint density at radius 2 is 1.32 bits per heavy atom. The largest absolute Gasteiger partial charge is 0.430 e. The van der Waals surface area contributed by atoms with Crippen LogP contribution in [0.15, 0.2) is 47.4 Å². The number of halogens is 6. The highest BCUT2D eigenvalue weighted by molar-refractivity contribution is 7.89. The first kappa shape index (κ1) is 28.1. The zero-order valence-electron chi connectivity index (χ0n) is 18.2. The summed E-state index contributed by atoms with van der Waals surface area (Å²) in [6.45, 7) is -0.731. The molecule has 0 radical (unpaired) electrons. The molecule has 0 saturated carbocycles. The third-order valence-corrected chi connectivity index (χ3v) is 7.62. The summed E-state index contributed by atoms with van der Waals surface area (Å²) < 4.78 is 105. The Labute approximate surface area is 203 Å². The van der Waals surface area contributed by atoms with Gasteiger partial charge in [-0.3, -0.25) is 20.2 Å². The number of sulfonamides is 1. The van der Waals surface area contributed by atoms with Crippen molar-refractivity contribution in [1.82, 2.24) is 4.31 Å². The van der Waals surface area contributed by atoms with Crippen molar-refractivity contribution in [3.05, 3.63) is 68.3 Å². The van der Waals surface area contributed by atoms with Gasteiger partial charge in [-0.05, 0) is 18.2 Å². The molecule has 0 aromatic heterocycles. The molecule has 0 atom stereocenters. The van der Waals surface area contributed by atoms with Crippen LogP contribution in [0.2, 0.25) is 0 Å². The number of piperazine rings is 1. The summed E-state index contributed by atoms with van der Waals surface area (Å²) in [7, 11) is -4.49. The van der Waals surface area contributed by atoms with E-state index >= 15 is 0 Å². The van der Waals surface area contributed by atoms with Gasteiger partial charge in [-0.1, -0.05) is 12.1 Å². The van der Waals surface area contributed by atoms with Gasteiger partial charge in [-0.2, -0.15) is 30.6 Å². The Bertz CT molecular complexity index is 1290. The molecule has 0 bridgehead atoms. The highest BCUT2D eigenvalue weighted by atomic mass is 32.2. The standard InChI is InChI=1S/C19H16F6N4O7S/c20-18(21,22)17(30,19(23,24)25)12-1-3-13(4-2-12)26-7-9-27(10-8-26)37(35,36)16-6-5-14(28(31)32)11-15(16)29(33)34/h1-6,11,30H,7-10H2. The van der Waals surface area contributed by atoms with Crippen LogP contribution >= 0.6 is 0 Å². The van der Waals surface area contributed by atoms with E-state index in [1.54, 1.807) is 0 Å². The molecule has 0 spiro atoms. The van der Waals surface area contributed by atoms with E-state index in [0.717, 1.165) is 28.6 Å². The van der Waals surface area contributed by atoms with Crippen LogP contribution in [0, 0.1) is 20.2 Å². The summed E-state index contributed by atoms with van der Waals surface area (Å²) in [6, 6.07) is 4.76. The second kappa shape index (κ2) is 9.42. The van der Waals surface area contributed by atoms with E-state index in [0.29, 0.717) is 18.2 Å². The second-order valence-electron chi connectivity index (χ2n) is 7.81. The molecule has 1 fully saturated rings.